The summed E-state index contributed by atoms with van der Waals surface area (Å²) in [4.78, 5) is 24.2. The molecule has 0 aromatic heterocycles. The van der Waals surface area contributed by atoms with E-state index >= 15 is 0 Å². The van der Waals surface area contributed by atoms with E-state index < -0.39 is 48.7 Å². The zero-order valence-corrected chi connectivity index (χ0v) is 17.7. The predicted molar refractivity (Wildman–Crippen MR) is 105 cm³/mol. The summed E-state index contributed by atoms with van der Waals surface area (Å²) in [5, 5.41) is 0. The van der Waals surface area contributed by atoms with Gasteiger partial charge in [-0.15, -0.1) is 0 Å². The SMILES string of the molecule is COC(=O)C1O[C@@H](C)C(OC(C)=O)[C@@H](OCc2ccccc2)[C@H]1OC1CCCCO1. The lowest BCUT2D eigenvalue weighted by Gasteiger charge is -2.44. The standard InChI is InChI=1S/C22H30O8/c1-14-18(29-15(2)23)19(27-13-16-9-5-4-6-10-16)20(21(28-14)22(24)25-3)30-17-11-7-8-12-26-17/h4-6,9-10,14,17-21H,7-8,11-13H2,1-3H3/t14-,17?,18?,19+,20+,21?/m0/s1. The molecule has 166 valence electrons. The van der Waals surface area contributed by atoms with Crippen LogP contribution in [0.5, 0.6) is 0 Å². The Morgan fingerprint density at radius 1 is 1.10 bits per heavy atom. The maximum Gasteiger partial charge on any atom is 0.337 e. The molecular formula is C22H30O8. The Balaban J connectivity index is 1.86. The molecule has 0 spiro atoms. The molecule has 30 heavy (non-hydrogen) atoms. The lowest BCUT2D eigenvalue weighted by atomic mass is 9.94. The number of hydrogen-bond acceptors (Lipinski definition) is 8. The van der Waals surface area contributed by atoms with Crippen molar-refractivity contribution in [3.63, 3.8) is 0 Å². The molecule has 0 radical (unpaired) electrons. The first-order valence-corrected chi connectivity index (χ1v) is 10.3. The fourth-order valence-electron chi connectivity index (χ4n) is 3.77. The highest BCUT2D eigenvalue weighted by Gasteiger charge is 2.51. The van der Waals surface area contributed by atoms with Crippen LogP contribution in [0.15, 0.2) is 30.3 Å². The van der Waals surface area contributed by atoms with Gasteiger partial charge in [0, 0.05) is 13.5 Å². The van der Waals surface area contributed by atoms with Crippen LogP contribution in [0, 0.1) is 0 Å². The van der Waals surface area contributed by atoms with Crippen molar-refractivity contribution < 1.29 is 38.0 Å². The maximum absolute atomic E-state index is 12.5. The van der Waals surface area contributed by atoms with Crippen LogP contribution in [0.1, 0.15) is 38.7 Å². The Morgan fingerprint density at radius 3 is 2.50 bits per heavy atom. The molecule has 0 bridgehead atoms. The van der Waals surface area contributed by atoms with Crippen LogP contribution < -0.4 is 0 Å². The van der Waals surface area contributed by atoms with Gasteiger partial charge in [0.1, 0.15) is 12.2 Å². The van der Waals surface area contributed by atoms with Gasteiger partial charge in [0.05, 0.1) is 19.8 Å². The number of esters is 2. The van der Waals surface area contributed by atoms with Crippen LogP contribution in [0.3, 0.4) is 0 Å². The van der Waals surface area contributed by atoms with Gasteiger partial charge in [0.25, 0.3) is 0 Å². The van der Waals surface area contributed by atoms with Crippen LogP contribution in [0.2, 0.25) is 0 Å². The maximum atomic E-state index is 12.5. The summed E-state index contributed by atoms with van der Waals surface area (Å²) in [5.41, 5.74) is 0.945. The van der Waals surface area contributed by atoms with E-state index in [0.717, 1.165) is 18.4 Å². The molecule has 2 aliphatic heterocycles. The molecule has 0 saturated carbocycles. The van der Waals surface area contributed by atoms with Crippen LogP contribution >= 0.6 is 0 Å². The molecule has 3 unspecified atom stereocenters. The summed E-state index contributed by atoms with van der Waals surface area (Å²) in [6.07, 6.45) is -1.84. The predicted octanol–water partition coefficient (Wildman–Crippen LogP) is 2.38. The molecule has 2 heterocycles. The number of carbonyl (C=O) groups is 2. The van der Waals surface area contributed by atoms with E-state index in [0.29, 0.717) is 13.0 Å². The second-order valence-corrected chi connectivity index (χ2v) is 7.52. The second kappa shape index (κ2) is 10.9. The van der Waals surface area contributed by atoms with Crippen LogP contribution in [0.4, 0.5) is 0 Å². The average Bonchev–Trinajstić information content (AvgIpc) is 2.76. The molecule has 3 rings (SSSR count). The van der Waals surface area contributed by atoms with Crippen molar-refractivity contribution in [3.05, 3.63) is 35.9 Å². The Hall–Kier alpha value is -2.00. The Morgan fingerprint density at radius 2 is 1.87 bits per heavy atom. The van der Waals surface area contributed by atoms with Crippen molar-refractivity contribution in [2.45, 2.75) is 76.5 Å². The van der Waals surface area contributed by atoms with E-state index in [-0.39, 0.29) is 6.61 Å². The normalized spacial score (nSPS) is 31.7. The molecule has 0 amide bonds. The number of carbonyl (C=O) groups excluding carboxylic acids is 2. The van der Waals surface area contributed by atoms with E-state index in [1.54, 1.807) is 6.92 Å². The van der Waals surface area contributed by atoms with E-state index in [1.807, 2.05) is 30.3 Å². The van der Waals surface area contributed by atoms with Crippen molar-refractivity contribution in [3.8, 4) is 0 Å². The Kier molecular flexibility index (Phi) is 8.21. The van der Waals surface area contributed by atoms with Gasteiger partial charge in [-0.3, -0.25) is 4.79 Å². The molecule has 2 saturated heterocycles. The minimum Gasteiger partial charge on any atom is -0.467 e. The first-order valence-electron chi connectivity index (χ1n) is 10.3. The zero-order valence-electron chi connectivity index (χ0n) is 17.7. The van der Waals surface area contributed by atoms with Crippen LogP contribution in [-0.4, -0.2) is 62.5 Å². The largest absolute Gasteiger partial charge is 0.467 e. The molecule has 8 heteroatoms. The number of rotatable bonds is 7. The molecule has 2 fully saturated rings. The average molecular weight is 422 g/mol. The minimum atomic E-state index is -1.02. The molecule has 6 atom stereocenters. The highest BCUT2D eigenvalue weighted by molar-refractivity contribution is 5.75. The van der Waals surface area contributed by atoms with Crippen molar-refractivity contribution in [1.29, 1.82) is 0 Å². The zero-order chi connectivity index (χ0) is 21.5. The molecule has 8 nitrogen and oxygen atoms in total. The van der Waals surface area contributed by atoms with Gasteiger partial charge in [-0.2, -0.15) is 0 Å². The summed E-state index contributed by atoms with van der Waals surface area (Å²) in [6, 6.07) is 9.61. The Bertz CT molecular complexity index is 688. The van der Waals surface area contributed by atoms with E-state index in [4.69, 9.17) is 28.4 Å². The van der Waals surface area contributed by atoms with Crippen molar-refractivity contribution >= 4 is 11.9 Å². The van der Waals surface area contributed by atoms with E-state index in [9.17, 15) is 9.59 Å². The Labute approximate surface area is 176 Å². The van der Waals surface area contributed by atoms with Crippen molar-refractivity contribution in [1.82, 2.24) is 0 Å². The van der Waals surface area contributed by atoms with E-state index in [2.05, 4.69) is 0 Å². The van der Waals surface area contributed by atoms with Crippen LogP contribution in [0.25, 0.3) is 0 Å². The molecular weight excluding hydrogens is 392 g/mol. The molecule has 1 aromatic carbocycles. The monoisotopic (exact) mass is 422 g/mol. The van der Waals surface area contributed by atoms with E-state index in [1.165, 1.54) is 14.0 Å². The third-order valence-corrected chi connectivity index (χ3v) is 5.24. The van der Waals surface area contributed by atoms with Gasteiger partial charge in [-0.1, -0.05) is 30.3 Å². The molecule has 1 aromatic rings. The van der Waals surface area contributed by atoms with Gasteiger partial charge in [-0.25, -0.2) is 4.79 Å². The fourth-order valence-corrected chi connectivity index (χ4v) is 3.77. The van der Waals surface area contributed by atoms with Gasteiger partial charge in [0.15, 0.2) is 18.5 Å². The first kappa shape index (κ1) is 22.7. The number of ether oxygens (including phenoxy) is 6. The lowest BCUT2D eigenvalue weighted by Crippen LogP contribution is -2.62. The minimum absolute atomic E-state index is 0.259. The van der Waals surface area contributed by atoms with Gasteiger partial charge in [0.2, 0.25) is 0 Å². The molecule has 0 N–H and O–H groups in total. The highest BCUT2D eigenvalue weighted by atomic mass is 16.7. The smallest absolute Gasteiger partial charge is 0.337 e. The topological polar surface area (TPSA) is 89.5 Å². The highest BCUT2D eigenvalue weighted by Crippen LogP contribution is 2.31. The number of hydrogen-bond donors (Lipinski definition) is 0. The second-order valence-electron chi connectivity index (χ2n) is 7.52. The summed E-state index contributed by atoms with van der Waals surface area (Å²) < 4.78 is 34.4. The first-order chi connectivity index (χ1) is 14.5. The third-order valence-electron chi connectivity index (χ3n) is 5.24. The lowest BCUT2D eigenvalue weighted by molar-refractivity contribution is -0.290. The molecule has 0 aliphatic carbocycles. The fraction of sp³-hybridized carbons (Fsp3) is 0.636. The summed E-state index contributed by atoms with van der Waals surface area (Å²) in [5.74, 6) is -1.04. The van der Waals surface area contributed by atoms with Crippen molar-refractivity contribution in [2.75, 3.05) is 13.7 Å². The van der Waals surface area contributed by atoms with Gasteiger partial charge >= 0.3 is 11.9 Å². The van der Waals surface area contributed by atoms with Gasteiger partial charge in [-0.05, 0) is 31.7 Å². The number of benzene rings is 1. The summed E-state index contributed by atoms with van der Waals surface area (Å²) in [6.45, 7) is 3.90. The molecule has 2 aliphatic rings. The summed E-state index contributed by atoms with van der Waals surface area (Å²) in [7, 11) is 1.29. The van der Waals surface area contributed by atoms with Crippen molar-refractivity contribution in [2.24, 2.45) is 0 Å². The third kappa shape index (κ3) is 5.78. The number of methoxy groups -OCH3 is 1. The summed E-state index contributed by atoms with van der Waals surface area (Å²) >= 11 is 0. The van der Waals surface area contributed by atoms with Gasteiger partial charge < -0.3 is 28.4 Å². The van der Waals surface area contributed by atoms with Crippen LogP contribution in [-0.2, 0) is 44.6 Å². The quantitative estimate of drug-likeness (QED) is 0.619.